The number of aryl methyl sites for hydroxylation is 1. The SMILES string of the molecule is CCCCCc1ccsc1I. The maximum Gasteiger partial charge on any atom is 0.0685 e. The van der Waals surface area contributed by atoms with Crippen LogP contribution in [-0.4, -0.2) is 0 Å². The second kappa shape index (κ2) is 5.14. The first kappa shape index (κ1) is 9.52. The molecule has 1 heterocycles. The molecule has 0 bridgehead atoms. The van der Waals surface area contributed by atoms with E-state index in [1.165, 1.54) is 28.6 Å². The van der Waals surface area contributed by atoms with Crippen molar-refractivity contribution in [1.29, 1.82) is 0 Å². The first-order valence-electron chi connectivity index (χ1n) is 4.06. The molecule has 0 atom stereocenters. The van der Waals surface area contributed by atoms with Gasteiger partial charge in [0.25, 0.3) is 0 Å². The van der Waals surface area contributed by atoms with Gasteiger partial charge >= 0.3 is 0 Å². The van der Waals surface area contributed by atoms with Crippen LogP contribution >= 0.6 is 33.9 Å². The van der Waals surface area contributed by atoms with E-state index in [-0.39, 0.29) is 0 Å². The van der Waals surface area contributed by atoms with E-state index >= 15 is 0 Å². The van der Waals surface area contributed by atoms with Crippen molar-refractivity contribution in [1.82, 2.24) is 0 Å². The molecule has 62 valence electrons. The Morgan fingerprint density at radius 2 is 2.27 bits per heavy atom. The number of halogens is 1. The quantitative estimate of drug-likeness (QED) is 0.575. The average Bonchev–Trinajstić information content (AvgIpc) is 2.37. The van der Waals surface area contributed by atoms with Gasteiger partial charge in [0.1, 0.15) is 0 Å². The lowest BCUT2D eigenvalue weighted by molar-refractivity contribution is 0.717. The summed E-state index contributed by atoms with van der Waals surface area (Å²) in [6.45, 7) is 2.25. The Kier molecular flexibility index (Phi) is 4.45. The van der Waals surface area contributed by atoms with Crippen molar-refractivity contribution in [3.05, 3.63) is 19.9 Å². The Morgan fingerprint density at radius 1 is 1.45 bits per heavy atom. The summed E-state index contributed by atoms with van der Waals surface area (Å²) in [6, 6.07) is 2.25. The summed E-state index contributed by atoms with van der Waals surface area (Å²) in [5, 5.41) is 2.18. The van der Waals surface area contributed by atoms with E-state index in [0.29, 0.717) is 0 Å². The summed E-state index contributed by atoms with van der Waals surface area (Å²) in [5.74, 6) is 0. The van der Waals surface area contributed by atoms with Crippen molar-refractivity contribution in [2.24, 2.45) is 0 Å². The molecule has 0 N–H and O–H groups in total. The van der Waals surface area contributed by atoms with Gasteiger partial charge in [-0.05, 0) is 52.4 Å². The first-order chi connectivity index (χ1) is 5.34. The largest absolute Gasteiger partial charge is 0.137 e. The van der Waals surface area contributed by atoms with Crippen LogP contribution in [0.5, 0.6) is 0 Å². The molecule has 0 radical (unpaired) electrons. The predicted octanol–water partition coefficient (Wildman–Crippen LogP) is 4.09. The van der Waals surface area contributed by atoms with Gasteiger partial charge in [0.05, 0.1) is 2.88 Å². The van der Waals surface area contributed by atoms with Crippen LogP contribution in [-0.2, 0) is 6.42 Å². The van der Waals surface area contributed by atoms with Crippen molar-refractivity contribution < 1.29 is 0 Å². The Morgan fingerprint density at radius 3 is 2.82 bits per heavy atom. The third-order valence-corrected chi connectivity index (χ3v) is 3.94. The zero-order valence-electron chi connectivity index (χ0n) is 6.77. The normalized spacial score (nSPS) is 10.4. The van der Waals surface area contributed by atoms with Crippen LogP contribution in [0.4, 0.5) is 0 Å². The number of unbranched alkanes of at least 4 members (excludes halogenated alkanes) is 2. The standard InChI is InChI=1S/C9H13IS/c1-2-3-4-5-8-6-7-11-9(8)10/h6-7H,2-5H2,1H3. The van der Waals surface area contributed by atoms with Gasteiger partial charge in [-0.3, -0.25) is 0 Å². The fraction of sp³-hybridized carbons (Fsp3) is 0.556. The van der Waals surface area contributed by atoms with Crippen LogP contribution in [0.15, 0.2) is 11.4 Å². The fourth-order valence-corrected chi connectivity index (χ4v) is 2.63. The van der Waals surface area contributed by atoms with E-state index in [1.807, 2.05) is 11.3 Å². The molecule has 1 aromatic rings. The molecular formula is C9H13IS. The molecule has 0 aliphatic rings. The van der Waals surface area contributed by atoms with E-state index < -0.39 is 0 Å². The van der Waals surface area contributed by atoms with Crippen LogP contribution in [0.25, 0.3) is 0 Å². The monoisotopic (exact) mass is 280 g/mol. The molecule has 0 saturated carbocycles. The second-order valence-electron chi connectivity index (χ2n) is 2.68. The van der Waals surface area contributed by atoms with E-state index in [0.717, 1.165) is 0 Å². The van der Waals surface area contributed by atoms with Gasteiger partial charge in [-0.1, -0.05) is 19.8 Å². The number of thiophene rings is 1. The minimum absolute atomic E-state index is 1.27. The summed E-state index contributed by atoms with van der Waals surface area (Å²) >= 11 is 4.27. The van der Waals surface area contributed by atoms with Crippen molar-refractivity contribution in [2.75, 3.05) is 0 Å². The molecule has 2 heteroatoms. The van der Waals surface area contributed by atoms with Gasteiger partial charge in [0.15, 0.2) is 0 Å². The highest BCUT2D eigenvalue weighted by Crippen LogP contribution is 2.20. The number of hydrogen-bond acceptors (Lipinski definition) is 1. The molecule has 1 aromatic heterocycles. The minimum Gasteiger partial charge on any atom is -0.137 e. The van der Waals surface area contributed by atoms with Gasteiger partial charge in [-0.25, -0.2) is 0 Å². The van der Waals surface area contributed by atoms with Crippen LogP contribution in [0.1, 0.15) is 31.7 Å². The third-order valence-electron chi connectivity index (χ3n) is 1.74. The maximum absolute atomic E-state index is 2.43. The van der Waals surface area contributed by atoms with Crippen LogP contribution in [0.2, 0.25) is 0 Å². The maximum atomic E-state index is 2.43. The summed E-state index contributed by atoms with van der Waals surface area (Å²) in [4.78, 5) is 0. The molecule has 11 heavy (non-hydrogen) atoms. The van der Waals surface area contributed by atoms with Gasteiger partial charge in [-0.2, -0.15) is 0 Å². The van der Waals surface area contributed by atoms with Crippen LogP contribution in [0.3, 0.4) is 0 Å². The van der Waals surface area contributed by atoms with Crippen molar-refractivity contribution >= 4 is 33.9 Å². The Balaban J connectivity index is 2.32. The summed E-state index contributed by atoms with van der Waals surface area (Å²) in [7, 11) is 0. The summed E-state index contributed by atoms with van der Waals surface area (Å²) < 4.78 is 1.47. The predicted molar refractivity (Wildman–Crippen MR) is 60.3 cm³/mol. The highest BCUT2D eigenvalue weighted by atomic mass is 127. The average molecular weight is 280 g/mol. The van der Waals surface area contributed by atoms with E-state index in [1.54, 1.807) is 5.56 Å². The number of rotatable bonds is 4. The summed E-state index contributed by atoms with van der Waals surface area (Å²) in [6.07, 6.45) is 5.31. The molecule has 0 amide bonds. The van der Waals surface area contributed by atoms with Gasteiger partial charge < -0.3 is 0 Å². The van der Waals surface area contributed by atoms with E-state index in [4.69, 9.17) is 0 Å². The molecule has 0 unspecified atom stereocenters. The molecule has 0 spiro atoms. The lowest BCUT2D eigenvalue weighted by atomic mass is 10.1. The van der Waals surface area contributed by atoms with E-state index in [9.17, 15) is 0 Å². The highest BCUT2D eigenvalue weighted by molar-refractivity contribution is 14.1. The number of hydrogen-bond donors (Lipinski definition) is 0. The fourth-order valence-electron chi connectivity index (χ4n) is 1.06. The lowest BCUT2D eigenvalue weighted by Gasteiger charge is -1.96. The van der Waals surface area contributed by atoms with Gasteiger partial charge in [0.2, 0.25) is 0 Å². The molecule has 0 nitrogen and oxygen atoms in total. The Labute approximate surface area is 86.2 Å². The van der Waals surface area contributed by atoms with Crippen molar-refractivity contribution in [3.8, 4) is 0 Å². The Hall–Kier alpha value is 0.430. The molecule has 1 rings (SSSR count). The van der Waals surface area contributed by atoms with Crippen LogP contribution < -0.4 is 0 Å². The molecule has 0 saturated heterocycles. The highest BCUT2D eigenvalue weighted by Gasteiger charge is 1.98. The molecule has 0 aliphatic carbocycles. The lowest BCUT2D eigenvalue weighted by Crippen LogP contribution is -1.83. The third kappa shape index (κ3) is 3.11. The van der Waals surface area contributed by atoms with Crippen molar-refractivity contribution in [3.63, 3.8) is 0 Å². The minimum atomic E-state index is 1.27. The summed E-state index contributed by atoms with van der Waals surface area (Å²) in [5.41, 5.74) is 1.55. The second-order valence-corrected chi connectivity index (χ2v) is 5.40. The van der Waals surface area contributed by atoms with Crippen LogP contribution in [0, 0.1) is 2.88 Å². The van der Waals surface area contributed by atoms with Crippen molar-refractivity contribution in [2.45, 2.75) is 32.6 Å². The molecular weight excluding hydrogens is 267 g/mol. The van der Waals surface area contributed by atoms with E-state index in [2.05, 4.69) is 41.0 Å². The molecule has 0 fully saturated rings. The van der Waals surface area contributed by atoms with Gasteiger partial charge in [0, 0.05) is 0 Å². The smallest absolute Gasteiger partial charge is 0.0685 e. The zero-order valence-corrected chi connectivity index (χ0v) is 9.74. The molecule has 0 aromatic carbocycles. The Bertz CT molecular complexity index is 205. The van der Waals surface area contributed by atoms with Gasteiger partial charge in [-0.15, -0.1) is 11.3 Å². The topological polar surface area (TPSA) is 0 Å². The molecule has 0 aliphatic heterocycles. The zero-order chi connectivity index (χ0) is 8.10. The first-order valence-corrected chi connectivity index (χ1v) is 6.02.